The maximum absolute atomic E-state index is 2.36. The predicted molar refractivity (Wildman–Crippen MR) is 312 cm³/mol. The second-order valence-electron chi connectivity index (χ2n) is 18.6. The standard InChI is InChI=1S/C52H36N2.C18H13N/c1-5-13-43-33-49(29-21-37(43)9-1)53(50-30-22-38-10-2-6-14-44(38)34-50)47-25-17-41(18-26-47)42-19-27-48(28-20-42)54(51-31-23-39-11-3-7-15-45(39)35-51)52-32-24-40-12-4-8-16-46(40)36-52;1-2-8-14(9-3-1)19-17-12-6-4-10-15(17)16-11-5-7-13-18(16)19/h1-36H;1-13H. The summed E-state index contributed by atoms with van der Waals surface area (Å²) in [7, 11) is 0. The number of hydrogen-bond acceptors (Lipinski definition) is 2. The molecule has 0 radical (unpaired) electrons. The topological polar surface area (TPSA) is 11.4 Å². The Bertz CT molecular complexity index is 3850. The number of nitrogens with zero attached hydrogens (tertiary/aromatic N) is 3. The van der Waals surface area contributed by atoms with Gasteiger partial charge in [-0.3, -0.25) is 0 Å². The van der Waals surface area contributed by atoms with Crippen LogP contribution in [0.4, 0.5) is 34.1 Å². The van der Waals surface area contributed by atoms with Crippen molar-refractivity contribution in [2.45, 2.75) is 0 Å². The summed E-state index contributed by atoms with van der Waals surface area (Å²) in [6.45, 7) is 0. The van der Waals surface area contributed by atoms with Gasteiger partial charge >= 0.3 is 0 Å². The van der Waals surface area contributed by atoms with Crippen LogP contribution in [0.25, 0.3) is 81.7 Å². The summed E-state index contributed by atoms with van der Waals surface area (Å²) in [4.78, 5) is 4.72. The van der Waals surface area contributed by atoms with Crippen LogP contribution in [-0.2, 0) is 0 Å². The molecule has 1 heterocycles. The Morgan fingerprint density at radius 1 is 0.205 bits per heavy atom. The van der Waals surface area contributed by atoms with Gasteiger partial charge in [0.2, 0.25) is 0 Å². The summed E-state index contributed by atoms with van der Waals surface area (Å²) in [5, 5.41) is 12.4. The zero-order chi connectivity index (χ0) is 48.5. The molecule has 0 aliphatic rings. The van der Waals surface area contributed by atoms with Crippen LogP contribution in [0.5, 0.6) is 0 Å². The quantitative estimate of drug-likeness (QED) is 0.150. The fourth-order valence-corrected chi connectivity index (χ4v) is 10.5. The summed E-state index contributed by atoms with van der Waals surface area (Å²) < 4.78 is 2.32. The maximum Gasteiger partial charge on any atom is 0.0541 e. The number of rotatable bonds is 8. The minimum absolute atomic E-state index is 1.11. The Labute approximate surface area is 425 Å². The SMILES string of the molecule is c1ccc(-n2c3ccccc3c3ccccc32)cc1.c1ccc2cc(N(c3ccc(-c4ccc(N(c5ccc6ccccc6c5)c5ccc6ccccc6c5)cc4)cc3)c3ccc4ccccc4c3)ccc2c1. The van der Waals surface area contributed by atoms with Crippen LogP contribution >= 0.6 is 0 Å². The fourth-order valence-electron chi connectivity index (χ4n) is 10.5. The van der Waals surface area contributed by atoms with Crippen molar-refractivity contribution in [3.05, 3.63) is 297 Å². The maximum atomic E-state index is 2.36. The van der Waals surface area contributed by atoms with Gasteiger partial charge in [-0.25, -0.2) is 0 Å². The Kier molecular flexibility index (Phi) is 11.2. The number of para-hydroxylation sites is 3. The number of hydrogen-bond donors (Lipinski definition) is 0. The molecule has 13 aromatic carbocycles. The molecular formula is C70H49N3. The molecule has 3 heteroatoms. The monoisotopic (exact) mass is 931 g/mol. The van der Waals surface area contributed by atoms with Crippen LogP contribution in [0, 0.1) is 0 Å². The van der Waals surface area contributed by atoms with Crippen LogP contribution in [-0.4, -0.2) is 4.57 Å². The first-order chi connectivity index (χ1) is 36.2. The number of fused-ring (bicyclic) bond motifs is 7. The lowest BCUT2D eigenvalue weighted by molar-refractivity contribution is 1.18. The molecule has 0 unspecified atom stereocenters. The minimum Gasteiger partial charge on any atom is -0.310 e. The van der Waals surface area contributed by atoms with Gasteiger partial charge in [0.15, 0.2) is 0 Å². The van der Waals surface area contributed by atoms with E-state index < -0.39 is 0 Å². The lowest BCUT2D eigenvalue weighted by Gasteiger charge is -2.27. The molecule has 0 saturated carbocycles. The highest BCUT2D eigenvalue weighted by Gasteiger charge is 2.17. The van der Waals surface area contributed by atoms with E-state index in [-0.39, 0.29) is 0 Å². The van der Waals surface area contributed by atoms with E-state index in [4.69, 9.17) is 0 Å². The van der Waals surface area contributed by atoms with Crippen molar-refractivity contribution in [3.8, 4) is 16.8 Å². The molecule has 0 N–H and O–H groups in total. The van der Waals surface area contributed by atoms with Gasteiger partial charge in [-0.15, -0.1) is 0 Å². The molecule has 0 amide bonds. The van der Waals surface area contributed by atoms with E-state index >= 15 is 0 Å². The smallest absolute Gasteiger partial charge is 0.0541 e. The van der Waals surface area contributed by atoms with Crippen molar-refractivity contribution < 1.29 is 0 Å². The van der Waals surface area contributed by atoms with Crippen LogP contribution < -0.4 is 9.80 Å². The number of aromatic nitrogens is 1. The van der Waals surface area contributed by atoms with Crippen LogP contribution in [0.2, 0.25) is 0 Å². The molecule has 0 saturated heterocycles. The summed E-state index contributed by atoms with van der Waals surface area (Å²) in [6, 6.07) is 107. The molecule has 14 rings (SSSR count). The van der Waals surface area contributed by atoms with Gasteiger partial charge in [-0.1, -0.05) is 200 Å². The molecule has 0 bridgehead atoms. The second-order valence-corrected chi connectivity index (χ2v) is 18.6. The van der Waals surface area contributed by atoms with Crippen molar-refractivity contribution in [2.75, 3.05) is 9.80 Å². The van der Waals surface area contributed by atoms with E-state index in [1.54, 1.807) is 0 Å². The highest BCUT2D eigenvalue weighted by atomic mass is 15.1. The zero-order valence-electron chi connectivity index (χ0n) is 40.1. The molecule has 14 aromatic rings. The highest BCUT2D eigenvalue weighted by Crippen LogP contribution is 2.41. The van der Waals surface area contributed by atoms with Crippen molar-refractivity contribution in [1.29, 1.82) is 0 Å². The van der Waals surface area contributed by atoms with Gasteiger partial charge in [-0.05, 0) is 151 Å². The average Bonchev–Trinajstić information content (AvgIpc) is 3.80. The van der Waals surface area contributed by atoms with Crippen molar-refractivity contribution in [3.63, 3.8) is 0 Å². The lowest BCUT2D eigenvalue weighted by atomic mass is 10.0. The van der Waals surface area contributed by atoms with Crippen LogP contribution in [0.3, 0.4) is 0 Å². The molecule has 0 fully saturated rings. The summed E-state index contributed by atoms with van der Waals surface area (Å²) in [6.07, 6.45) is 0. The summed E-state index contributed by atoms with van der Waals surface area (Å²) in [5.41, 5.74) is 12.8. The van der Waals surface area contributed by atoms with Gasteiger partial charge in [0, 0.05) is 50.6 Å². The normalized spacial score (nSPS) is 11.3. The Hall–Kier alpha value is -9.70. The van der Waals surface area contributed by atoms with Gasteiger partial charge in [0.1, 0.15) is 0 Å². The van der Waals surface area contributed by atoms with E-state index in [0.29, 0.717) is 0 Å². The van der Waals surface area contributed by atoms with Gasteiger partial charge in [0.25, 0.3) is 0 Å². The summed E-state index contributed by atoms with van der Waals surface area (Å²) >= 11 is 0. The lowest BCUT2D eigenvalue weighted by Crippen LogP contribution is -2.10. The molecule has 73 heavy (non-hydrogen) atoms. The van der Waals surface area contributed by atoms with E-state index in [2.05, 4.69) is 312 Å². The van der Waals surface area contributed by atoms with Crippen molar-refractivity contribution in [1.82, 2.24) is 4.57 Å². The third kappa shape index (κ3) is 8.39. The first kappa shape index (κ1) is 43.3. The zero-order valence-corrected chi connectivity index (χ0v) is 40.1. The van der Waals surface area contributed by atoms with E-state index in [1.807, 2.05) is 0 Å². The predicted octanol–water partition coefficient (Wildman–Crippen LogP) is 19.7. The third-order valence-electron chi connectivity index (χ3n) is 14.1. The summed E-state index contributed by atoms with van der Waals surface area (Å²) in [5.74, 6) is 0. The van der Waals surface area contributed by atoms with E-state index in [9.17, 15) is 0 Å². The van der Waals surface area contributed by atoms with Crippen LogP contribution in [0.1, 0.15) is 0 Å². The fraction of sp³-hybridized carbons (Fsp3) is 0. The molecule has 1 aromatic heterocycles. The molecule has 0 spiro atoms. The van der Waals surface area contributed by atoms with Gasteiger partial charge in [0.05, 0.1) is 11.0 Å². The van der Waals surface area contributed by atoms with E-state index in [1.165, 1.54) is 81.7 Å². The first-order valence-corrected chi connectivity index (χ1v) is 25.0. The third-order valence-corrected chi connectivity index (χ3v) is 14.1. The Morgan fingerprint density at radius 3 is 0.822 bits per heavy atom. The average molecular weight is 932 g/mol. The first-order valence-electron chi connectivity index (χ1n) is 25.0. The molecular weight excluding hydrogens is 883 g/mol. The second kappa shape index (κ2) is 18.9. The van der Waals surface area contributed by atoms with Crippen LogP contribution in [0.15, 0.2) is 297 Å². The minimum atomic E-state index is 1.11. The van der Waals surface area contributed by atoms with Crippen molar-refractivity contribution >= 4 is 99.0 Å². The van der Waals surface area contributed by atoms with Gasteiger partial charge in [-0.2, -0.15) is 0 Å². The molecule has 344 valence electrons. The Balaban J connectivity index is 0.000000226. The Morgan fingerprint density at radius 2 is 0.479 bits per heavy atom. The molecule has 3 nitrogen and oxygen atoms in total. The van der Waals surface area contributed by atoms with Gasteiger partial charge < -0.3 is 14.4 Å². The molecule has 0 aliphatic heterocycles. The number of benzene rings is 13. The van der Waals surface area contributed by atoms with E-state index in [0.717, 1.165) is 34.1 Å². The highest BCUT2D eigenvalue weighted by molar-refractivity contribution is 6.09. The molecule has 0 aliphatic carbocycles. The largest absolute Gasteiger partial charge is 0.310 e. The number of anilines is 6. The molecule has 0 atom stereocenters. The van der Waals surface area contributed by atoms with Crippen molar-refractivity contribution in [2.24, 2.45) is 0 Å².